The number of cyclic esters (lactones) is 2. The molecule has 0 amide bonds. The average Bonchev–Trinajstić information content (AvgIpc) is 2.98. The molecular formula is C12H16CaO12+2. The van der Waals surface area contributed by atoms with Crippen LogP contribution in [0.25, 0.3) is 0 Å². The van der Waals surface area contributed by atoms with Crippen molar-refractivity contribution in [3.05, 3.63) is 23.0 Å². The predicted octanol–water partition coefficient (Wildman–Crippen LogP) is -3.20. The Kier molecular flexibility index (Phi) is 9.50. The van der Waals surface area contributed by atoms with Crippen molar-refractivity contribution in [3.8, 4) is 0 Å². The van der Waals surface area contributed by atoms with Gasteiger partial charge in [0.05, 0.1) is 13.2 Å². The fraction of sp³-hybridized carbons (Fsp3) is 0.500. The molecule has 2 heterocycles. The summed E-state index contributed by atoms with van der Waals surface area (Å²) in [5, 5.41) is 70.1. The van der Waals surface area contributed by atoms with Gasteiger partial charge >= 0.3 is 49.7 Å². The number of esters is 2. The summed E-state index contributed by atoms with van der Waals surface area (Å²) in [5.41, 5.74) is 0. The maximum atomic E-state index is 10.5. The normalized spacial score (nSPS) is 24.8. The van der Waals surface area contributed by atoms with E-state index in [0.29, 0.717) is 0 Å². The number of carbonyl (C=O) groups excluding carboxylic acids is 2. The monoisotopic (exact) mass is 392 g/mol. The van der Waals surface area contributed by atoms with E-state index in [1.54, 1.807) is 0 Å². The standard InChI is InChI=1S/2C6H8O6.Ca/c2*7-1-2(8)5-3(9)4(10)6(11)12-5;/h2*2,5,7-10H,1H2;/q;;+2/t2*2-,5-;/m11./s1. The predicted molar refractivity (Wildman–Crippen MR) is 76.3 cm³/mol. The van der Waals surface area contributed by atoms with Crippen molar-refractivity contribution >= 4 is 49.7 Å². The molecule has 0 saturated carbocycles. The van der Waals surface area contributed by atoms with Crippen molar-refractivity contribution in [1.82, 2.24) is 0 Å². The summed E-state index contributed by atoms with van der Waals surface area (Å²) in [4.78, 5) is 21.1. The van der Waals surface area contributed by atoms with Crippen LogP contribution in [0.15, 0.2) is 23.0 Å². The molecule has 2 aliphatic rings. The molecular weight excluding hydrogens is 376 g/mol. The van der Waals surface area contributed by atoms with Crippen LogP contribution in [-0.2, 0) is 19.1 Å². The topological polar surface area (TPSA) is 214 Å². The van der Waals surface area contributed by atoms with Crippen molar-refractivity contribution in [2.24, 2.45) is 0 Å². The molecule has 0 aliphatic carbocycles. The van der Waals surface area contributed by atoms with Crippen LogP contribution in [0.4, 0.5) is 0 Å². The zero-order valence-electron chi connectivity index (χ0n) is 12.6. The van der Waals surface area contributed by atoms with Crippen molar-refractivity contribution in [1.29, 1.82) is 0 Å². The third-order valence-corrected chi connectivity index (χ3v) is 2.95. The Morgan fingerprint density at radius 2 is 1.04 bits per heavy atom. The third-order valence-electron chi connectivity index (χ3n) is 2.95. The molecule has 8 N–H and O–H groups in total. The zero-order chi connectivity index (χ0) is 18.6. The molecule has 12 nitrogen and oxygen atoms in total. The fourth-order valence-electron chi connectivity index (χ4n) is 1.65. The summed E-state index contributed by atoms with van der Waals surface area (Å²) >= 11 is 0. The van der Waals surface area contributed by atoms with Gasteiger partial charge in [0.25, 0.3) is 0 Å². The van der Waals surface area contributed by atoms with E-state index < -0.39 is 72.6 Å². The molecule has 136 valence electrons. The van der Waals surface area contributed by atoms with Gasteiger partial charge in [-0.1, -0.05) is 0 Å². The molecule has 0 radical (unpaired) electrons. The van der Waals surface area contributed by atoms with Crippen LogP contribution in [-0.4, -0.2) is 128 Å². The Bertz CT molecular complexity index is 520. The molecule has 2 aliphatic heterocycles. The van der Waals surface area contributed by atoms with Crippen molar-refractivity contribution in [2.75, 3.05) is 13.2 Å². The van der Waals surface area contributed by atoms with Gasteiger partial charge in [-0.25, -0.2) is 9.59 Å². The molecule has 0 aromatic heterocycles. The molecule has 0 saturated heterocycles. The van der Waals surface area contributed by atoms with Crippen molar-refractivity contribution in [3.63, 3.8) is 0 Å². The molecule has 2 rings (SSSR count). The first kappa shape index (κ1) is 23.7. The van der Waals surface area contributed by atoms with E-state index in [9.17, 15) is 9.59 Å². The minimum Gasteiger partial charge on any atom is -0.505 e. The summed E-state index contributed by atoms with van der Waals surface area (Å²) in [6.07, 6.45) is -5.55. The van der Waals surface area contributed by atoms with E-state index in [1.165, 1.54) is 0 Å². The maximum Gasteiger partial charge on any atom is 2.00 e. The number of rotatable bonds is 4. The Labute approximate surface area is 169 Å². The molecule has 0 bridgehead atoms. The maximum absolute atomic E-state index is 10.5. The smallest absolute Gasteiger partial charge is 0.505 e. The van der Waals surface area contributed by atoms with Crippen molar-refractivity contribution < 1.29 is 59.9 Å². The van der Waals surface area contributed by atoms with E-state index in [1.807, 2.05) is 0 Å². The summed E-state index contributed by atoms with van der Waals surface area (Å²) in [6.45, 7) is -1.34. The van der Waals surface area contributed by atoms with Crippen LogP contribution in [0.3, 0.4) is 0 Å². The number of ether oxygens (including phenoxy) is 2. The Morgan fingerprint density at radius 1 is 0.760 bits per heavy atom. The summed E-state index contributed by atoms with van der Waals surface area (Å²) in [5.74, 6) is -5.56. The van der Waals surface area contributed by atoms with E-state index >= 15 is 0 Å². The number of hydrogen-bond acceptors (Lipinski definition) is 12. The first-order chi connectivity index (χ1) is 11.1. The average molecular weight is 392 g/mol. The second-order valence-corrected chi connectivity index (χ2v) is 4.62. The summed E-state index contributed by atoms with van der Waals surface area (Å²) in [7, 11) is 0. The number of carbonyl (C=O) groups is 2. The van der Waals surface area contributed by atoms with Gasteiger partial charge in [0.2, 0.25) is 11.5 Å². The fourth-order valence-corrected chi connectivity index (χ4v) is 1.65. The first-order valence-corrected chi connectivity index (χ1v) is 6.39. The van der Waals surface area contributed by atoms with Gasteiger partial charge in [0, 0.05) is 0 Å². The van der Waals surface area contributed by atoms with Crippen LogP contribution < -0.4 is 0 Å². The largest absolute Gasteiger partial charge is 2.00 e. The number of hydrogen-bond donors (Lipinski definition) is 8. The number of aliphatic hydroxyl groups excluding tert-OH is 8. The van der Waals surface area contributed by atoms with Crippen LogP contribution in [0.2, 0.25) is 0 Å². The molecule has 13 heteroatoms. The van der Waals surface area contributed by atoms with Crippen LogP contribution in [0.1, 0.15) is 0 Å². The third kappa shape index (κ3) is 5.34. The minimum atomic E-state index is -1.42. The van der Waals surface area contributed by atoms with Gasteiger partial charge in [0.15, 0.2) is 23.7 Å². The van der Waals surface area contributed by atoms with Gasteiger partial charge in [-0.3, -0.25) is 0 Å². The van der Waals surface area contributed by atoms with Gasteiger partial charge in [-0.15, -0.1) is 0 Å². The van der Waals surface area contributed by atoms with Crippen LogP contribution in [0.5, 0.6) is 0 Å². The summed E-state index contributed by atoms with van der Waals surface area (Å²) in [6, 6.07) is 0. The van der Waals surface area contributed by atoms with E-state index in [4.69, 9.17) is 40.9 Å². The van der Waals surface area contributed by atoms with Crippen LogP contribution >= 0.6 is 0 Å². The van der Waals surface area contributed by atoms with Crippen LogP contribution in [0, 0.1) is 0 Å². The van der Waals surface area contributed by atoms with E-state index in [0.717, 1.165) is 0 Å². The van der Waals surface area contributed by atoms with Crippen molar-refractivity contribution in [2.45, 2.75) is 24.4 Å². The second kappa shape index (κ2) is 10.0. The quantitative estimate of drug-likeness (QED) is 0.175. The molecule has 0 fully saturated rings. The molecule has 0 unspecified atom stereocenters. The molecule has 0 aromatic carbocycles. The molecule has 0 spiro atoms. The SMILES string of the molecule is O=C1O[C@H]([C@H](O)CO)C(O)=C1O.O=C1O[C@H]([C@H](O)CO)C(O)=C1O.[Ca+2]. The molecule has 25 heavy (non-hydrogen) atoms. The van der Waals surface area contributed by atoms with Gasteiger partial charge < -0.3 is 50.3 Å². The Morgan fingerprint density at radius 3 is 1.20 bits per heavy atom. The Balaban J connectivity index is 0.000000443. The second-order valence-electron chi connectivity index (χ2n) is 4.62. The molecule has 0 aromatic rings. The van der Waals surface area contributed by atoms with Gasteiger partial charge in [-0.05, 0) is 0 Å². The molecule has 4 atom stereocenters. The first-order valence-electron chi connectivity index (χ1n) is 6.39. The van der Waals surface area contributed by atoms with Gasteiger partial charge in [0.1, 0.15) is 12.2 Å². The zero-order valence-corrected chi connectivity index (χ0v) is 14.8. The van der Waals surface area contributed by atoms with Gasteiger partial charge in [-0.2, -0.15) is 0 Å². The van der Waals surface area contributed by atoms with E-state index in [2.05, 4.69) is 9.47 Å². The minimum absolute atomic E-state index is 0. The Hall–Kier alpha value is -1.28. The number of aliphatic hydroxyl groups is 8. The summed E-state index contributed by atoms with van der Waals surface area (Å²) < 4.78 is 8.63. The van der Waals surface area contributed by atoms with E-state index in [-0.39, 0.29) is 37.7 Å².